The molecule has 7 nitrogen and oxygen atoms in total. The first kappa shape index (κ1) is 13.7. The van der Waals surface area contributed by atoms with Gasteiger partial charge in [-0.25, -0.2) is 4.98 Å². The first-order valence-corrected chi connectivity index (χ1v) is 7.45. The largest absolute Gasteiger partial charge is 0.302 e. The number of hydrogen-bond acceptors (Lipinski definition) is 4. The molecule has 0 spiro atoms. The minimum atomic E-state index is -0.0724. The highest BCUT2D eigenvalue weighted by atomic mass is 16.1. The van der Waals surface area contributed by atoms with Crippen LogP contribution in [0.1, 0.15) is 19.9 Å². The van der Waals surface area contributed by atoms with Gasteiger partial charge in [0.25, 0.3) is 5.56 Å². The molecule has 0 unspecified atom stereocenters. The standard InChI is InChI=1S/C16H16N6O/c1-10(2)22-13-7-5-4-6-12(13)21-9-17-14(15(21)16(22)23)11-8-20(3)19-18-11/h4-10H,1-3H3. The highest BCUT2D eigenvalue weighted by Crippen LogP contribution is 2.23. The summed E-state index contributed by atoms with van der Waals surface area (Å²) < 4.78 is 5.23. The van der Waals surface area contributed by atoms with Crippen LogP contribution in [-0.4, -0.2) is 28.9 Å². The van der Waals surface area contributed by atoms with E-state index in [1.807, 2.05) is 42.5 Å². The molecule has 0 aliphatic carbocycles. The van der Waals surface area contributed by atoms with Gasteiger partial charge in [0.05, 0.1) is 17.2 Å². The summed E-state index contributed by atoms with van der Waals surface area (Å²) in [6.07, 6.45) is 3.43. The molecule has 0 aliphatic heterocycles. The predicted molar refractivity (Wildman–Crippen MR) is 87.3 cm³/mol. The van der Waals surface area contributed by atoms with Gasteiger partial charge in [0.1, 0.15) is 23.2 Å². The molecule has 0 saturated carbocycles. The Hall–Kier alpha value is -2.96. The number of fused-ring (bicyclic) bond motifs is 3. The van der Waals surface area contributed by atoms with Crippen LogP contribution in [0.4, 0.5) is 0 Å². The van der Waals surface area contributed by atoms with Crippen molar-refractivity contribution in [2.75, 3.05) is 0 Å². The lowest BCUT2D eigenvalue weighted by Gasteiger charge is -2.15. The maximum absolute atomic E-state index is 13.1. The summed E-state index contributed by atoms with van der Waals surface area (Å²) in [6.45, 7) is 4.01. The zero-order valence-electron chi connectivity index (χ0n) is 13.1. The van der Waals surface area contributed by atoms with Crippen LogP contribution < -0.4 is 5.56 Å². The first-order chi connectivity index (χ1) is 11.1. The van der Waals surface area contributed by atoms with E-state index in [9.17, 15) is 4.79 Å². The molecule has 0 saturated heterocycles. The zero-order valence-corrected chi connectivity index (χ0v) is 13.1. The first-order valence-electron chi connectivity index (χ1n) is 7.45. The van der Waals surface area contributed by atoms with Crippen LogP contribution >= 0.6 is 0 Å². The topological polar surface area (TPSA) is 70.0 Å². The van der Waals surface area contributed by atoms with E-state index in [-0.39, 0.29) is 11.6 Å². The highest BCUT2D eigenvalue weighted by Gasteiger charge is 2.19. The van der Waals surface area contributed by atoms with E-state index in [0.717, 1.165) is 11.0 Å². The van der Waals surface area contributed by atoms with Crippen molar-refractivity contribution in [3.05, 3.63) is 47.1 Å². The van der Waals surface area contributed by atoms with Gasteiger partial charge >= 0.3 is 0 Å². The smallest absolute Gasteiger partial charge is 0.277 e. The number of nitrogens with zero attached hydrogens (tertiary/aromatic N) is 6. The number of aromatic nitrogens is 6. The van der Waals surface area contributed by atoms with Crippen molar-refractivity contribution >= 4 is 16.6 Å². The van der Waals surface area contributed by atoms with E-state index in [2.05, 4.69) is 15.3 Å². The van der Waals surface area contributed by atoms with Gasteiger partial charge in [-0.15, -0.1) is 5.10 Å². The lowest BCUT2D eigenvalue weighted by molar-refractivity contribution is 0.601. The van der Waals surface area contributed by atoms with Crippen LogP contribution in [0.2, 0.25) is 0 Å². The SMILES string of the molecule is CC(C)n1c(=O)c2c(-c3cn(C)nn3)ncn2c2ccccc21. The number of benzene rings is 1. The van der Waals surface area contributed by atoms with Gasteiger partial charge in [0.15, 0.2) is 0 Å². The molecular formula is C16H16N6O. The minimum absolute atomic E-state index is 0.0435. The summed E-state index contributed by atoms with van der Waals surface area (Å²) in [5.74, 6) is 0. The van der Waals surface area contributed by atoms with Crippen LogP contribution in [0.3, 0.4) is 0 Å². The number of aryl methyl sites for hydroxylation is 1. The van der Waals surface area contributed by atoms with Crippen molar-refractivity contribution in [3.63, 3.8) is 0 Å². The molecule has 4 aromatic rings. The minimum Gasteiger partial charge on any atom is -0.302 e. The summed E-state index contributed by atoms with van der Waals surface area (Å²) in [5.41, 5.74) is 3.44. The fourth-order valence-corrected chi connectivity index (χ4v) is 2.99. The molecule has 0 fully saturated rings. The predicted octanol–water partition coefficient (Wildman–Crippen LogP) is 2.03. The van der Waals surface area contributed by atoms with E-state index >= 15 is 0 Å². The average molecular weight is 308 g/mol. The third kappa shape index (κ3) is 1.89. The average Bonchev–Trinajstić information content (AvgIpc) is 3.13. The maximum Gasteiger partial charge on any atom is 0.277 e. The molecule has 116 valence electrons. The number of rotatable bonds is 2. The monoisotopic (exact) mass is 308 g/mol. The zero-order chi connectivity index (χ0) is 16.1. The van der Waals surface area contributed by atoms with Crippen LogP contribution in [-0.2, 0) is 7.05 Å². The number of para-hydroxylation sites is 2. The maximum atomic E-state index is 13.1. The lowest BCUT2D eigenvalue weighted by Crippen LogP contribution is -2.24. The molecule has 3 heterocycles. The number of hydrogen-bond donors (Lipinski definition) is 0. The fraction of sp³-hybridized carbons (Fsp3) is 0.250. The second-order valence-corrected chi connectivity index (χ2v) is 5.85. The Kier molecular flexibility index (Phi) is 2.84. The molecule has 7 heteroatoms. The van der Waals surface area contributed by atoms with E-state index < -0.39 is 0 Å². The van der Waals surface area contributed by atoms with E-state index in [1.54, 1.807) is 28.8 Å². The summed E-state index contributed by atoms with van der Waals surface area (Å²) in [7, 11) is 1.79. The van der Waals surface area contributed by atoms with Crippen molar-refractivity contribution in [2.45, 2.75) is 19.9 Å². The Morgan fingerprint density at radius 2 is 1.87 bits per heavy atom. The van der Waals surface area contributed by atoms with Crippen molar-refractivity contribution < 1.29 is 0 Å². The van der Waals surface area contributed by atoms with Gasteiger partial charge in [-0.2, -0.15) is 0 Å². The normalized spacial score (nSPS) is 11.8. The lowest BCUT2D eigenvalue weighted by atomic mass is 10.2. The summed E-state index contributed by atoms with van der Waals surface area (Å²) in [4.78, 5) is 17.5. The Morgan fingerprint density at radius 1 is 1.13 bits per heavy atom. The van der Waals surface area contributed by atoms with Crippen molar-refractivity contribution in [1.29, 1.82) is 0 Å². The molecule has 0 bridgehead atoms. The van der Waals surface area contributed by atoms with E-state index in [1.165, 1.54) is 0 Å². The molecule has 3 aromatic heterocycles. The van der Waals surface area contributed by atoms with E-state index in [4.69, 9.17) is 0 Å². The van der Waals surface area contributed by atoms with Crippen molar-refractivity contribution in [1.82, 2.24) is 28.9 Å². The highest BCUT2D eigenvalue weighted by molar-refractivity contribution is 5.84. The molecule has 0 amide bonds. The van der Waals surface area contributed by atoms with E-state index in [0.29, 0.717) is 16.9 Å². The van der Waals surface area contributed by atoms with Crippen LogP contribution in [0, 0.1) is 0 Å². The van der Waals surface area contributed by atoms with Crippen LogP contribution in [0.15, 0.2) is 41.6 Å². The molecule has 0 N–H and O–H groups in total. The van der Waals surface area contributed by atoms with Crippen LogP contribution in [0.25, 0.3) is 27.9 Å². The van der Waals surface area contributed by atoms with Gasteiger partial charge in [-0.05, 0) is 26.0 Å². The molecule has 4 rings (SSSR count). The summed E-state index contributed by atoms with van der Waals surface area (Å²) in [6, 6.07) is 7.88. The van der Waals surface area contributed by atoms with Gasteiger partial charge in [-0.3, -0.25) is 13.9 Å². The molecule has 23 heavy (non-hydrogen) atoms. The van der Waals surface area contributed by atoms with Gasteiger partial charge in [0.2, 0.25) is 0 Å². The summed E-state index contributed by atoms with van der Waals surface area (Å²) >= 11 is 0. The fourth-order valence-electron chi connectivity index (χ4n) is 2.99. The molecule has 1 aromatic carbocycles. The van der Waals surface area contributed by atoms with Gasteiger partial charge < -0.3 is 4.57 Å². The second kappa shape index (κ2) is 4.77. The Bertz CT molecular complexity index is 1090. The van der Waals surface area contributed by atoms with Gasteiger partial charge in [-0.1, -0.05) is 17.3 Å². The van der Waals surface area contributed by atoms with Crippen molar-refractivity contribution in [2.24, 2.45) is 7.05 Å². The number of imidazole rings is 1. The van der Waals surface area contributed by atoms with Crippen molar-refractivity contribution in [3.8, 4) is 11.4 Å². The Balaban J connectivity index is 2.20. The molecule has 0 aliphatic rings. The molecule has 0 radical (unpaired) electrons. The molecular weight excluding hydrogens is 292 g/mol. The second-order valence-electron chi connectivity index (χ2n) is 5.85. The third-order valence-electron chi connectivity index (χ3n) is 3.95. The Morgan fingerprint density at radius 3 is 2.52 bits per heavy atom. The summed E-state index contributed by atoms with van der Waals surface area (Å²) in [5, 5.41) is 8.03. The van der Waals surface area contributed by atoms with Crippen LogP contribution in [0.5, 0.6) is 0 Å². The Labute approximate surface area is 131 Å². The molecule has 0 atom stereocenters. The quantitative estimate of drug-likeness (QED) is 0.568. The van der Waals surface area contributed by atoms with Gasteiger partial charge in [0, 0.05) is 13.1 Å². The third-order valence-corrected chi connectivity index (χ3v) is 3.95.